The summed E-state index contributed by atoms with van der Waals surface area (Å²) in [4.78, 5) is 23.2. The molecule has 0 fully saturated rings. The van der Waals surface area contributed by atoms with E-state index in [4.69, 9.17) is 8.83 Å². The molecule has 3 rings (SSSR count). The van der Waals surface area contributed by atoms with Gasteiger partial charge in [0.2, 0.25) is 0 Å². The van der Waals surface area contributed by atoms with Crippen LogP contribution in [0.2, 0.25) is 0 Å². The van der Waals surface area contributed by atoms with E-state index in [1.165, 1.54) is 12.3 Å². The standard InChI is InChI=1S/C17H16N2O4/c20-16-11-13(12-5-1-2-6-14(12)23-16)18-8-4-9-19-17(21)15-7-3-10-22-15/h1-3,5-7,10-11,18H,4,8-9H2,(H,19,21). The lowest BCUT2D eigenvalue weighted by Gasteiger charge is -2.09. The van der Waals surface area contributed by atoms with Gasteiger partial charge in [-0.3, -0.25) is 4.79 Å². The van der Waals surface area contributed by atoms with Gasteiger partial charge in [0.1, 0.15) is 5.58 Å². The Bertz CT molecular complexity index is 852. The number of hydrogen-bond donors (Lipinski definition) is 2. The van der Waals surface area contributed by atoms with E-state index >= 15 is 0 Å². The third-order valence-electron chi connectivity index (χ3n) is 3.35. The van der Waals surface area contributed by atoms with Crippen molar-refractivity contribution < 1.29 is 13.6 Å². The van der Waals surface area contributed by atoms with Gasteiger partial charge >= 0.3 is 5.63 Å². The molecule has 1 aromatic carbocycles. The van der Waals surface area contributed by atoms with Crippen molar-refractivity contribution in [1.29, 1.82) is 0 Å². The fourth-order valence-corrected chi connectivity index (χ4v) is 2.27. The molecule has 23 heavy (non-hydrogen) atoms. The maximum absolute atomic E-state index is 11.7. The van der Waals surface area contributed by atoms with Gasteiger partial charge < -0.3 is 19.5 Å². The first-order valence-corrected chi connectivity index (χ1v) is 7.32. The van der Waals surface area contributed by atoms with E-state index in [-0.39, 0.29) is 5.91 Å². The third-order valence-corrected chi connectivity index (χ3v) is 3.35. The molecule has 0 spiro atoms. The van der Waals surface area contributed by atoms with Gasteiger partial charge in [0.05, 0.1) is 12.0 Å². The van der Waals surface area contributed by atoms with E-state index in [1.54, 1.807) is 18.2 Å². The van der Waals surface area contributed by atoms with Crippen LogP contribution in [0.5, 0.6) is 0 Å². The Balaban J connectivity index is 1.53. The van der Waals surface area contributed by atoms with E-state index in [0.717, 1.165) is 11.1 Å². The largest absolute Gasteiger partial charge is 0.459 e. The summed E-state index contributed by atoms with van der Waals surface area (Å²) in [7, 11) is 0. The molecule has 0 saturated carbocycles. The summed E-state index contributed by atoms with van der Waals surface area (Å²) >= 11 is 0. The topological polar surface area (TPSA) is 84.5 Å². The number of furan rings is 1. The van der Waals surface area contributed by atoms with Crippen molar-refractivity contribution >= 4 is 22.6 Å². The molecule has 6 nitrogen and oxygen atoms in total. The number of benzene rings is 1. The molecule has 2 N–H and O–H groups in total. The third kappa shape index (κ3) is 3.60. The summed E-state index contributed by atoms with van der Waals surface area (Å²) < 4.78 is 10.1. The number of amides is 1. The van der Waals surface area contributed by atoms with Crippen LogP contribution in [0.4, 0.5) is 5.69 Å². The van der Waals surface area contributed by atoms with Gasteiger partial charge in [-0.2, -0.15) is 0 Å². The number of fused-ring (bicyclic) bond motifs is 1. The predicted octanol–water partition coefficient (Wildman–Crippen LogP) is 2.62. The number of carbonyl (C=O) groups excluding carboxylic acids is 1. The monoisotopic (exact) mass is 312 g/mol. The summed E-state index contributed by atoms with van der Waals surface area (Å²) in [5.41, 5.74) is 0.889. The van der Waals surface area contributed by atoms with Gasteiger partial charge in [-0.15, -0.1) is 0 Å². The van der Waals surface area contributed by atoms with Crippen molar-refractivity contribution in [1.82, 2.24) is 5.32 Å². The van der Waals surface area contributed by atoms with Crippen molar-refractivity contribution in [2.24, 2.45) is 0 Å². The van der Waals surface area contributed by atoms with Crippen LogP contribution in [0.1, 0.15) is 17.0 Å². The first kappa shape index (κ1) is 14.9. The predicted molar refractivity (Wildman–Crippen MR) is 86.6 cm³/mol. The van der Waals surface area contributed by atoms with Crippen LogP contribution in [0, 0.1) is 0 Å². The highest BCUT2D eigenvalue weighted by Gasteiger charge is 2.07. The minimum Gasteiger partial charge on any atom is -0.459 e. The second kappa shape index (κ2) is 6.83. The zero-order chi connectivity index (χ0) is 16.1. The molecular weight excluding hydrogens is 296 g/mol. The van der Waals surface area contributed by atoms with Crippen LogP contribution >= 0.6 is 0 Å². The summed E-state index contributed by atoms with van der Waals surface area (Å²) in [6.07, 6.45) is 2.17. The fraction of sp³-hybridized carbons (Fsp3) is 0.176. The Morgan fingerprint density at radius 3 is 2.78 bits per heavy atom. The number of nitrogens with one attached hydrogen (secondary N) is 2. The van der Waals surface area contributed by atoms with Gasteiger partial charge in [-0.05, 0) is 30.7 Å². The van der Waals surface area contributed by atoms with Gasteiger partial charge in [-0.1, -0.05) is 12.1 Å². The second-order valence-corrected chi connectivity index (χ2v) is 4.99. The minimum atomic E-state index is -0.391. The summed E-state index contributed by atoms with van der Waals surface area (Å²) in [6.45, 7) is 1.12. The Morgan fingerprint density at radius 2 is 1.96 bits per heavy atom. The van der Waals surface area contributed by atoms with E-state index in [1.807, 2.05) is 18.2 Å². The molecule has 3 aromatic rings. The summed E-state index contributed by atoms with van der Waals surface area (Å²) in [5.74, 6) is 0.0606. The number of para-hydroxylation sites is 1. The zero-order valence-corrected chi connectivity index (χ0v) is 12.4. The second-order valence-electron chi connectivity index (χ2n) is 4.99. The molecule has 0 unspecified atom stereocenters. The normalized spacial score (nSPS) is 10.6. The molecule has 0 aliphatic rings. The lowest BCUT2D eigenvalue weighted by Crippen LogP contribution is -2.25. The highest BCUT2D eigenvalue weighted by molar-refractivity contribution is 5.91. The van der Waals surface area contributed by atoms with Crippen molar-refractivity contribution in [3.63, 3.8) is 0 Å². The number of carbonyl (C=O) groups is 1. The SMILES string of the molecule is O=C(NCCCNc1cc(=O)oc2ccccc12)c1ccco1. The maximum atomic E-state index is 11.7. The van der Waals surface area contributed by atoms with Crippen molar-refractivity contribution in [2.75, 3.05) is 18.4 Å². The first-order chi connectivity index (χ1) is 11.2. The molecular formula is C17H16N2O4. The lowest BCUT2D eigenvalue weighted by molar-refractivity contribution is 0.0926. The Labute approximate surface area is 132 Å². The quantitative estimate of drug-likeness (QED) is 0.540. The molecule has 0 saturated heterocycles. The molecule has 0 aliphatic carbocycles. The number of rotatable bonds is 6. The van der Waals surface area contributed by atoms with Crippen molar-refractivity contribution in [3.05, 3.63) is 64.9 Å². The molecule has 6 heteroatoms. The minimum absolute atomic E-state index is 0.235. The van der Waals surface area contributed by atoms with Crippen molar-refractivity contribution in [3.8, 4) is 0 Å². The molecule has 0 atom stereocenters. The molecule has 0 aliphatic heterocycles. The smallest absolute Gasteiger partial charge is 0.338 e. The van der Waals surface area contributed by atoms with Crippen LogP contribution in [0.25, 0.3) is 11.0 Å². The zero-order valence-electron chi connectivity index (χ0n) is 12.4. The Kier molecular flexibility index (Phi) is 4.42. The van der Waals surface area contributed by atoms with Crippen LogP contribution in [-0.4, -0.2) is 19.0 Å². The Hall–Kier alpha value is -3.02. The molecule has 0 bridgehead atoms. The average Bonchev–Trinajstić information content (AvgIpc) is 3.08. The van der Waals surface area contributed by atoms with Gasteiger partial charge in [0.25, 0.3) is 5.91 Å². The highest BCUT2D eigenvalue weighted by atomic mass is 16.4. The van der Waals surface area contributed by atoms with Crippen LogP contribution < -0.4 is 16.3 Å². The summed E-state index contributed by atoms with van der Waals surface area (Å²) in [5, 5.41) is 6.82. The van der Waals surface area contributed by atoms with Crippen LogP contribution in [0.15, 0.2) is 62.4 Å². The van der Waals surface area contributed by atoms with Crippen LogP contribution in [0.3, 0.4) is 0 Å². The fourth-order valence-electron chi connectivity index (χ4n) is 2.27. The van der Waals surface area contributed by atoms with E-state index < -0.39 is 5.63 Å². The maximum Gasteiger partial charge on any atom is 0.338 e. The molecule has 0 radical (unpaired) electrons. The lowest BCUT2D eigenvalue weighted by atomic mass is 10.2. The molecule has 2 aromatic heterocycles. The van der Waals surface area contributed by atoms with Gasteiger partial charge in [-0.25, -0.2) is 4.79 Å². The van der Waals surface area contributed by atoms with Gasteiger partial charge in [0.15, 0.2) is 5.76 Å². The number of hydrogen-bond acceptors (Lipinski definition) is 5. The van der Waals surface area contributed by atoms with E-state index in [0.29, 0.717) is 30.9 Å². The molecule has 2 heterocycles. The molecule has 1 amide bonds. The first-order valence-electron chi connectivity index (χ1n) is 7.32. The number of anilines is 1. The van der Waals surface area contributed by atoms with E-state index in [2.05, 4.69) is 10.6 Å². The molecule has 118 valence electrons. The highest BCUT2D eigenvalue weighted by Crippen LogP contribution is 2.20. The summed E-state index contributed by atoms with van der Waals surface area (Å²) in [6, 6.07) is 12.1. The van der Waals surface area contributed by atoms with E-state index in [9.17, 15) is 9.59 Å². The van der Waals surface area contributed by atoms with Gasteiger partial charge in [0, 0.05) is 24.5 Å². The van der Waals surface area contributed by atoms with Crippen molar-refractivity contribution in [2.45, 2.75) is 6.42 Å². The average molecular weight is 312 g/mol. The van der Waals surface area contributed by atoms with Crippen LogP contribution in [-0.2, 0) is 0 Å². The Morgan fingerprint density at radius 1 is 1.09 bits per heavy atom.